The Morgan fingerprint density at radius 2 is 1.52 bits per heavy atom. The van der Waals surface area contributed by atoms with Gasteiger partial charge in [-0.15, -0.1) is 0 Å². The Morgan fingerprint density at radius 3 is 2.05 bits per heavy atom. The standard InChI is InChI=1S/C16H14N2O2S/c17-11-16(18)14(12-7-3-1-4-8-12)15(16)21(19,20)13-9-5-2-6-10-13/h1-10,14-15H,18H2/t14-,15+,16-/m1/s1. The third kappa shape index (κ3) is 2.04. The summed E-state index contributed by atoms with van der Waals surface area (Å²) >= 11 is 0. The van der Waals surface area contributed by atoms with E-state index in [9.17, 15) is 13.7 Å². The molecule has 0 radical (unpaired) electrons. The van der Waals surface area contributed by atoms with Gasteiger partial charge in [0.2, 0.25) is 0 Å². The minimum absolute atomic E-state index is 0.207. The monoisotopic (exact) mass is 298 g/mol. The molecule has 0 unspecified atom stereocenters. The second-order valence-corrected chi connectivity index (χ2v) is 7.28. The van der Waals surface area contributed by atoms with Gasteiger partial charge >= 0.3 is 0 Å². The van der Waals surface area contributed by atoms with Gasteiger partial charge in [-0.05, 0) is 17.7 Å². The lowest BCUT2D eigenvalue weighted by Gasteiger charge is -2.04. The fourth-order valence-corrected chi connectivity index (χ4v) is 5.02. The van der Waals surface area contributed by atoms with Crippen LogP contribution >= 0.6 is 0 Å². The first-order valence-corrected chi connectivity index (χ1v) is 8.10. The summed E-state index contributed by atoms with van der Waals surface area (Å²) in [6.45, 7) is 0. The highest BCUT2D eigenvalue weighted by molar-refractivity contribution is 7.92. The van der Waals surface area contributed by atoms with Crippen LogP contribution in [0.15, 0.2) is 65.6 Å². The van der Waals surface area contributed by atoms with E-state index < -0.39 is 26.5 Å². The molecule has 0 amide bonds. The number of benzene rings is 2. The normalized spacial score (nSPS) is 27.8. The lowest BCUT2D eigenvalue weighted by molar-refractivity contribution is 0.592. The first-order chi connectivity index (χ1) is 10.0. The lowest BCUT2D eigenvalue weighted by atomic mass is 10.1. The van der Waals surface area contributed by atoms with Gasteiger partial charge < -0.3 is 5.73 Å². The molecule has 21 heavy (non-hydrogen) atoms. The molecule has 1 saturated carbocycles. The number of sulfone groups is 1. The van der Waals surface area contributed by atoms with E-state index in [0.29, 0.717) is 0 Å². The van der Waals surface area contributed by atoms with Crippen LogP contribution in [0.4, 0.5) is 0 Å². The molecule has 0 spiro atoms. The summed E-state index contributed by atoms with van der Waals surface area (Å²) in [7, 11) is -3.63. The fraction of sp³-hybridized carbons (Fsp3) is 0.188. The second-order valence-electron chi connectivity index (χ2n) is 5.21. The number of hydrogen-bond donors (Lipinski definition) is 1. The molecule has 5 heteroatoms. The number of nitrogens with two attached hydrogens (primary N) is 1. The largest absolute Gasteiger partial charge is 0.312 e. The van der Waals surface area contributed by atoms with Crippen molar-refractivity contribution in [3.63, 3.8) is 0 Å². The Kier molecular flexibility index (Phi) is 3.08. The van der Waals surface area contributed by atoms with Crippen LogP contribution in [0, 0.1) is 11.3 Å². The highest BCUT2D eigenvalue weighted by Crippen LogP contribution is 2.55. The molecule has 1 fully saturated rings. The van der Waals surface area contributed by atoms with E-state index in [4.69, 9.17) is 5.73 Å². The third-order valence-corrected chi connectivity index (χ3v) is 6.20. The minimum Gasteiger partial charge on any atom is -0.312 e. The molecule has 4 nitrogen and oxygen atoms in total. The van der Waals surface area contributed by atoms with Crippen molar-refractivity contribution in [3.8, 4) is 6.07 Å². The second kappa shape index (κ2) is 4.69. The van der Waals surface area contributed by atoms with E-state index in [2.05, 4.69) is 0 Å². The third-order valence-electron chi connectivity index (χ3n) is 3.94. The number of rotatable bonds is 3. The van der Waals surface area contributed by atoms with Gasteiger partial charge in [-0.2, -0.15) is 5.26 Å². The predicted octanol–water partition coefficient (Wildman–Crippen LogP) is 1.85. The van der Waals surface area contributed by atoms with Gasteiger partial charge in [0.05, 0.1) is 11.0 Å². The van der Waals surface area contributed by atoms with E-state index in [1.165, 1.54) is 12.1 Å². The van der Waals surface area contributed by atoms with Gasteiger partial charge in [-0.3, -0.25) is 0 Å². The maximum absolute atomic E-state index is 12.7. The van der Waals surface area contributed by atoms with Crippen LogP contribution in [-0.2, 0) is 9.84 Å². The number of hydrogen-bond acceptors (Lipinski definition) is 4. The molecule has 1 aliphatic carbocycles. The Labute approximate surface area is 123 Å². The molecule has 0 saturated heterocycles. The quantitative estimate of drug-likeness (QED) is 0.937. The minimum atomic E-state index is -3.63. The molecular weight excluding hydrogens is 284 g/mol. The van der Waals surface area contributed by atoms with Crippen LogP contribution < -0.4 is 5.73 Å². The first-order valence-electron chi connectivity index (χ1n) is 6.56. The van der Waals surface area contributed by atoms with Gasteiger partial charge in [0.1, 0.15) is 10.8 Å². The number of nitrogens with zero attached hydrogens (tertiary/aromatic N) is 1. The summed E-state index contributed by atoms with van der Waals surface area (Å²) in [5.74, 6) is -0.492. The van der Waals surface area contributed by atoms with E-state index in [-0.39, 0.29) is 4.90 Å². The molecule has 2 N–H and O–H groups in total. The molecule has 2 aromatic carbocycles. The van der Waals surface area contributed by atoms with Crippen molar-refractivity contribution in [2.45, 2.75) is 21.6 Å². The van der Waals surface area contributed by atoms with Crippen LogP contribution in [0.2, 0.25) is 0 Å². The first kappa shape index (κ1) is 13.8. The van der Waals surface area contributed by atoms with Crippen LogP contribution in [0.5, 0.6) is 0 Å². The maximum atomic E-state index is 12.7. The predicted molar refractivity (Wildman–Crippen MR) is 79.1 cm³/mol. The molecule has 3 atom stereocenters. The van der Waals surface area contributed by atoms with Crippen LogP contribution in [0.1, 0.15) is 11.5 Å². The van der Waals surface area contributed by atoms with Crippen LogP contribution in [0.25, 0.3) is 0 Å². The number of nitriles is 1. The Morgan fingerprint density at radius 1 is 1.00 bits per heavy atom. The van der Waals surface area contributed by atoms with E-state index in [1.807, 2.05) is 36.4 Å². The van der Waals surface area contributed by atoms with Gasteiger partial charge in [-0.1, -0.05) is 48.5 Å². The van der Waals surface area contributed by atoms with Crippen molar-refractivity contribution in [1.29, 1.82) is 5.26 Å². The van der Waals surface area contributed by atoms with Gasteiger partial charge in [0.25, 0.3) is 0 Å². The highest BCUT2D eigenvalue weighted by Gasteiger charge is 2.70. The fourth-order valence-electron chi connectivity index (χ4n) is 2.81. The summed E-state index contributed by atoms with van der Waals surface area (Å²) in [5.41, 5.74) is 5.47. The Bertz CT molecular complexity index is 797. The Hall–Kier alpha value is -2.16. The van der Waals surface area contributed by atoms with Crippen LogP contribution in [0.3, 0.4) is 0 Å². The molecule has 0 aliphatic heterocycles. The zero-order valence-electron chi connectivity index (χ0n) is 11.2. The molecule has 0 bridgehead atoms. The summed E-state index contributed by atoms with van der Waals surface area (Å²) in [4.78, 5) is 0.207. The Balaban J connectivity index is 2.05. The molecule has 1 aliphatic rings. The van der Waals surface area contributed by atoms with Crippen molar-refractivity contribution < 1.29 is 8.42 Å². The molecule has 2 aromatic rings. The van der Waals surface area contributed by atoms with Crippen molar-refractivity contribution >= 4 is 9.84 Å². The maximum Gasteiger partial charge on any atom is 0.184 e. The summed E-state index contributed by atoms with van der Waals surface area (Å²) in [5, 5.41) is 8.44. The van der Waals surface area contributed by atoms with Crippen molar-refractivity contribution in [3.05, 3.63) is 66.2 Å². The zero-order chi connectivity index (χ0) is 15.1. The lowest BCUT2D eigenvalue weighted by Crippen LogP contribution is -2.29. The van der Waals surface area contributed by atoms with E-state index in [1.54, 1.807) is 18.2 Å². The van der Waals surface area contributed by atoms with Crippen molar-refractivity contribution in [1.82, 2.24) is 0 Å². The average Bonchev–Trinajstić information content (AvgIpc) is 3.17. The van der Waals surface area contributed by atoms with Crippen LogP contribution in [-0.4, -0.2) is 19.2 Å². The highest BCUT2D eigenvalue weighted by atomic mass is 32.2. The molecule has 0 heterocycles. The summed E-state index contributed by atoms with van der Waals surface area (Å²) in [6, 6.07) is 19.2. The summed E-state index contributed by atoms with van der Waals surface area (Å²) in [6.07, 6.45) is 0. The molecule has 0 aromatic heterocycles. The van der Waals surface area contributed by atoms with Crippen molar-refractivity contribution in [2.24, 2.45) is 5.73 Å². The van der Waals surface area contributed by atoms with Gasteiger partial charge in [-0.25, -0.2) is 8.42 Å². The van der Waals surface area contributed by atoms with E-state index >= 15 is 0 Å². The van der Waals surface area contributed by atoms with Gasteiger partial charge in [0, 0.05) is 5.92 Å². The SMILES string of the molecule is N#C[C@@]1(N)[C@H](c2ccccc2)[C@@H]1S(=O)(=O)c1ccccc1. The average molecular weight is 298 g/mol. The smallest absolute Gasteiger partial charge is 0.184 e. The summed E-state index contributed by atoms with van der Waals surface area (Å²) < 4.78 is 25.4. The molecule has 3 rings (SSSR count). The van der Waals surface area contributed by atoms with Gasteiger partial charge in [0.15, 0.2) is 9.84 Å². The van der Waals surface area contributed by atoms with Crippen molar-refractivity contribution in [2.75, 3.05) is 0 Å². The van der Waals surface area contributed by atoms with E-state index in [0.717, 1.165) is 5.56 Å². The zero-order valence-corrected chi connectivity index (χ0v) is 12.0. The molecule has 106 valence electrons. The topological polar surface area (TPSA) is 83.9 Å². The molecular formula is C16H14N2O2S.